The molecular weight excluding hydrogens is 324 g/mol. The molecule has 1 atom stereocenters. The zero-order chi connectivity index (χ0) is 11.3. The molecule has 0 saturated carbocycles. The molecule has 0 bridgehead atoms. The van der Waals surface area contributed by atoms with E-state index in [2.05, 4.69) is 31.9 Å². The first-order valence-corrected chi connectivity index (χ1v) is 6.35. The molecule has 0 aromatic heterocycles. The molecule has 0 saturated heterocycles. The molecule has 4 heteroatoms. The molecule has 1 N–H and O–H groups in total. The smallest absolute Gasteiger partial charge is 0.0801 e. The number of hydrogen-bond acceptors (Lipinski definition) is 2. The van der Waals surface area contributed by atoms with E-state index in [1.54, 1.807) is 7.11 Å². The zero-order valence-electron chi connectivity index (χ0n) is 8.54. The third-order valence-electron chi connectivity index (χ3n) is 2.15. The number of aliphatic hydroxyl groups excluding tert-OH is 1. The van der Waals surface area contributed by atoms with E-state index in [1.165, 1.54) is 0 Å². The summed E-state index contributed by atoms with van der Waals surface area (Å²) in [6, 6.07) is 5.79. The minimum Gasteiger partial charge on any atom is -0.388 e. The highest BCUT2D eigenvalue weighted by molar-refractivity contribution is 9.11. The van der Waals surface area contributed by atoms with Gasteiger partial charge in [-0.05, 0) is 30.5 Å². The van der Waals surface area contributed by atoms with Crippen LogP contribution in [0.4, 0.5) is 0 Å². The van der Waals surface area contributed by atoms with Crippen LogP contribution in [0.3, 0.4) is 0 Å². The summed E-state index contributed by atoms with van der Waals surface area (Å²) >= 11 is 6.81. The van der Waals surface area contributed by atoms with Crippen LogP contribution in [0.2, 0.25) is 0 Å². The number of halogens is 2. The number of methoxy groups -OCH3 is 1. The average molecular weight is 338 g/mol. The normalized spacial score (nSPS) is 12.8. The Morgan fingerprint density at radius 2 is 2.13 bits per heavy atom. The molecule has 2 nitrogen and oxygen atoms in total. The van der Waals surface area contributed by atoms with Gasteiger partial charge in [0.15, 0.2) is 0 Å². The quantitative estimate of drug-likeness (QED) is 0.831. The minimum atomic E-state index is -0.428. The van der Waals surface area contributed by atoms with Crippen LogP contribution in [0.15, 0.2) is 27.1 Å². The van der Waals surface area contributed by atoms with Crippen molar-refractivity contribution < 1.29 is 9.84 Å². The van der Waals surface area contributed by atoms with Crippen LogP contribution in [0.1, 0.15) is 24.5 Å². The minimum absolute atomic E-state index is 0.428. The van der Waals surface area contributed by atoms with Crippen molar-refractivity contribution in [3.63, 3.8) is 0 Å². The van der Waals surface area contributed by atoms with Gasteiger partial charge in [-0.15, -0.1) is 0 Å². The van der Waals surface area contributed by atoms with E-state index >= 15 is 0 Å². The van der Waals surface area contributed by atoms with E-state index < -0.39 is 6.10 Å². The molecule has 0 aliphatic heterocycles. The molecule has 1 rings (SSSR count). The van der Waals surface area contributed by atoms with Crippen molar-refractivity contribution in [3.05, 3.63) is 32.7 Å². The van der Waals surface area contributed by atoms with Crippen molar-refractivity contribution in [1.29, 1.82) is 0 Å². The molecule has 0 fully saturated rings. The summed E-state index contributed by atoms with van der Waals surface area (Å²) in [7, 11) is 1.67. The lowest BCUT2D eigenvalue weighted by Crippen LogP contribution is -2.00. The maximum atomic E-state index is 9.92. The molecule has 0 aliphatic carbocycles. The predicted molar refractivity (Wildman–Crippen MR) is 67.9 cm³/mol. The highest BCUT2D eigenvalue weighted by Gasteiger charge is 2.10. The number of ether oxygens (including phenoxy) is 1. The van der Waals surface area contributed by atoms with Crippen molar-refractivity contribution in [2.24, 2.45) is 0 Å². The van der Waals surface area contributed by atoms with E-state index in [0.717, 1.165) is 20.9 Å². The summed E-state index contributed by atoms with van der Waals surface area (Å²) in [5.74, 6) is 0. The molecule has 0 heterocycles. The fourth-order valence-corrected chi connectivity index (χ4v) is 2.66. The molecule has 0 aliphatic rings. The fourth-order valence-electron chi connectivity index (χ4n) is 1.35. The van der Waals surface area contributed by atoms with Crippen molar-refractivity contribution >= 4 is 31.9 Å². The van der Waals surface area contributed by atoms with E-state index in [1.807, 2.05) is 18.2 Å². The van der Waals surface area contributed by atoms with Gasteiger partial charge in [0.05, 0.1) is 6.10 Å². The van der Waals surface area contributed by atoms with Gasteiger partial charge in [0.2, 0.25) is 0 Å². The van der Waals surface area contributed by atoms with Gasteiger partial charge in [-0.3, -0.25) is 0 Å². The highest BCUT2D eigenvalue weighted by atomic mass is 79.9. The van der Waals surface area contributed by atoms with Gasteiger partial charge >= 0.3 is 0 Å². The first kappa shape index (κ1) is 13.2. The summed E-state index contributed by atoms with van der Waals surface area (Å²) in [5.41, 5.74) is 0.925. The Morgan fingerprint density at radius 3 is 2.73 bits per heavy atom. The van der Waals surface area contributed by atoms with Crippen LogP contribution in [-0.4, -0.2) is 18.8 Å². The van der Waals surface area contributed by atoms with Gasteiger partial charge < -0.3 is 9.84 Å². The molecule has 0 radical (unpaired) electrons. The maximum Gasteiger partial charge on any atom is 0.0801 e. The summed E-state index contributed by atoms with van der Waals surface area (Å²) in [6.45, 7) is 0.686. The third kappa shape index (κ3) is 4.23. The SMILES string of the molecule is COCCCC(O)c1ccc(Br)cc1Br. The monoisotopic (exact) mass is 336 g/mol. The van der Waals surface area contributed by atoms with Gasteiger partial charge in [-0.1, -0.05) is 37.9 Å². The molecule has 0 spiro atoms. The lowest BCUT2D eigenvalue weighted by atomic mass is 10.1. The number of benzene rings is 1. The lowest BCUT2D eigenvalue weighted by molar-refractivity contribution is 0.136. The number of aliphatic hydroxyl groups is 1. The Kier molecular flexibility index (Phi) is 5.82. The first-order chi connectivity index (χ1) is 7.15. The van der Waals surface area contributed by atoms with Crippen LogP contribution in [0.25, 0.3) is 0 Å². The molecule has 1 aromatic rings. The fraction of sp³-hybridized carbons (Fsp3) is 0.455. The molecule has 15 heavy (non-hydrogen) atoms. The average Bonchev–Trinajstić information content (AvgIpc) is 2.17. The second-order valence-electron chi connectivity index (χ2n) is 3.32. The van der Waals surface area contributed by atoms with Gasteiger partial charge in [0, 0.05) is 22.7 Å². The first-order valence-electron chi connectivity index (χ1n) is 4.77. The zero-order valence-corrected chi connectivity index (χ0v) is 11.7. The van der Waals surface area contributed by atoms with Gasteiger partial charge in [-0.25, -0.2) is 0 Å². The second kappa shape index (κ2) is 6.63. The van der Waals surface area contributed by atoms with Crippen molar-refractivity contribution in [2.45, 2.75) is 18.9 Å². The maximum absolute atomic E-state index is 9.92. The summed E-state index contributed by atoms with van der Waals surface area (Å²) < 4.78 is 6.88. The molecule has 1 aromatic carbocycles. The summed E-state index contributed by atoms with van der Waals surface area (Å²) in [5, 5.41) is 9.92. The van der Waals surface area contributed by atoms with E-state index in [4.69, 9.17) is 4.74 Å². The van der Waals surface area contributed by atoms with Crippen molar-refractivity contribution in [3.8, 4) is 0 Å². The van der Waals surface area contributed by atoms with E-state index in [-0.39, 0.29) is 0 Å². The molecule has 84 valence electrons. The Morgan fingerprint density at radius 1 is 1.40 bits per heavy atom. The van der Waals surface area contributed by atoms with Crippen LogP contribution in [0, 0.1) is 0 Å². The molecule has 0 amide bonds. The summed E-state index contributed by atoms with van der Waals surface area (Å²) in [6.07, 6.45) is 1.15. The third-order valence-corrected chi connectivity index (χ3v) is 3.33. The standard InChI is InChI=1S/C11H14Br2O2/c1-15-6-2-3-11(14)9-5-4-8(12)7-10(9)13/h4-5,7,11,14H,2-3,6H2,1H3. The largest absolute Gasteiger partial charge is 0.388 e. The Balaban J connectivity index is 2.61. The Bertz CT molecular complexity index is 315. The van der Waals surface area contributed by atoms with Crippen molar-refractivity contribution in [2.75, 3.05) is 13.7 Å². The van der Waals surface area contributed by atoms with Crippen LogP contribution < -0.4 is 0 Å². The van der Waals surface area contributed by atoms with Gasteiger partial charge in [0.1, 0.15) is 0 Å². The van der Waals surface area contributed by atoms with Crippen LogP contribution >= 0.6 is 31.9 Å². The van der Waals surface area contributed by atoms with E-state index in [9.17, 15) is 5.11 Å². The van der Waals surface area contributed by atoms with Crippen LogP contribution in [0.5, 0.6) is 0 Å². The topological polar surface area (TPSA) is 29.5 Å². The van der Waals surface area contributed by atoms with Gasteiger partial charge in [-0.2, -0.15) is 0 Å². The van der Waals surface area contributed by atoms with Crippen molar-refractivity contribution in [1.82, 2.24) is 0 Å². The Labute approximate surface area is 107 Å². The van der Waals surface area contributed by atoms with Crippen LogP contribution in [-0.2, 0) is 4.74 Å². The van der Waals surface area contributed by atoms with Gasteiger partial charge in [0.25, 0.3) is 0 Å². The lowest BCUT2D eigenvalue weighted by Gasteiger charge is -2.12. The molecular formula is C11H14Br2O2. The number of rotatable bonds is 5. The number of hydrogen-bond donors (Lipinski definition) is 1. The summed E-state index contributed by atoms with van der Waals surface area (Å²) in [4.78, 5) is 0. The second-order valence-corrected chi connectivity index (χ2v) is 5.09. The van der Waals surface area contributed by atoms with E-state index in [0.29, 0.717) is 13.0 Å². The Hall–Kier alpha value is 0.1000. The molecule has 1 unspecified atom stereocenters. The predicted octanol–water partition coefficient (Wildman–Crippen LogP) is 3.67. The highest BCUT2D eigenvalue weighted by Crippen LogP contribution is 2.29.